The van der Waals surface area contributed by atoms with Crippen molar-refractivity contribution in [2.45, 2.75) is 18.9 Å². The Labute approximate surface area is 94.2 Å². The summed E-state index contributed by atoms with van der Waals surface area (Å²) in [5.41, 5.74) is 0. The van der Waals surface area contributed by atoms with Crippen molar-refractivity contribution >= 4 is 11.9 Å². The molecule has 1 aliphatic rings. The number of carboxylic acids is 2. The van der Waals surface area contributed by atoms with Crippen LogP contribution in [0.4, 0.5) is 0 Å². The Morgan fingerprint density at radius 1 is 1.31 bits per heavy atom. The maximum absolute atomic E-state index is 10.6. The van der Waals surface area contributed by atoms with Crippen LogP contribution in [0.2, 0.25) is 0 Å². The quantitative estimate of drug-likeness (QED) is 0.587. The highest BCUT2D eigenvalue weighted by Gasteiger charge is 2.28. The number of rotatable bonds is 5. The lowest BCUT2D eigenvalue weighted by molar-refractivity contribution is -0.139. The van der Waals surface area contributed by atoms with E-state index < -0.39 is 11.9 Å². The van der Waals surface area contributed by atoms with E-state index in [9.17, 15) is 9.59 Å². The lowest BCUT2D eigenvalue weighted by Gasteiger charge is -2.36. The van der Waals surface area contributed by atoms with Crippen LogP contribution in [0.5, 0.6) is 0 Å². The smallest absolute Gasteiger partial charge is 0.317 e. The van der Waals surface area contributed by atoms with Gasteiger partial charge in [0.25, 0.3) is 0 Å². The van der Waals surface area contributed by atoms with E-state index in [4.69, 9.17) is 10.2 Å². The standard InChI is InChI=1S/C10H18N2O4/c1-11-8-2-7(3-9(13)14)4-12(5-8)6-10(15)16/h7-8,11H,2-6H2,1H3,(H,13,14)(H,15,16). The monoisotopic (exact) mass is 230 g/mol. The van der Waals surface area contributed by atoms with Crippen molar-refractivity contribution in [3.8, 4) is 0 Å². The van der Waals surface area contributed by atoms with Gasteiger partial charge in [0.2, 0.25) is 0 Å². The largest absolute Gasteiger partial charge is 0.481 e. The van der Waals surface area contributed by atoms with Crippen LogP contribution >= 0.6 is 0 Å². The van der Waals surface area contributed by atoms with Crippen LogP contribution in [0.15, 0.2) is 0 Å². The molecule has 6 nitrogen and oxygen atoms in total. The fourth-order valence-electron chi connectivity index (χ4n) is 2.23. The maximum atomic E-state index is 10.6. The molecule has 1 saturated heterocycles. The number of aliphatic carboxylic acids is 2. The summed E-state index contributed by atoms with van der Waals surface area (Å²) >= 11 is 0. The Kier molecular flexibility index (Phi) is 4.70. The van der Waals surface area contributed by atoms with E-state index in [1.807, 2.05) is 7.05 Å². The maximum Gasteiger partial charge on any atom is 0.317 e. The van der Waals surface area contributed by atoms with Crippen molar-refractivity contribution in [3.05, 3.63) is 0 Å². The zero-order valence-electron chi connectivity index (χ0n) is 9.35. The molecule has 0 saturated carbocycles. The Morgan fingerprint density at radius 3 is 2.50 bits per heavy atom. The zero-order chi connectivity index (χ0) is 12.1. The van der Waals surface area contributed by atoms with E-state index in [1.54, 1.807) is 4.90 Å². The van der Waals surface area contributed by atoms with Gasteiger partial charge in [-0.3, -0.25) is 14.5 Å². The average molecular weight is 230 g/mol. The van der Waals surface area contributed by atoms with Gasteiger partial charge in [0.1, 0.15) is 0 Å². The van der Waals surface area contributed by atoms with Crippen molar-refractivity contribution in [2.75, 3.05) is 26.7 Å². The highest BCUT2D eigenvalue weighted by atomic mass is 16.4. The number of nitrogens with zero attached hydrogens (tertiary/aromatic N) is 1. The molecule has 92 valence electrons. The number of piperidine rings is 1. The normalized spacial score (nSPS) is 26.6. The van der Waals surface area contributed by atoms with Crippen LogP contribution in [-0.4, -0.2) is 59.8 Å². The molecule has 2 unspecified atom stereocenters. The fourth-order valence-corrected chi connectivity index (χ4v) is 2.23. The van der Waals surface area contributed by atoms with Crippen molar-refractivity contribution < 1.29 is 19.8 Å². The molecule has 3 N–H and O–H groups in total. The first kappa shape index (κ1) is 12.9. The van der Waals surface area contributed by atoms with Gasteiger partial charge in [-0.2, -0.15) is 0 Å². The highest BCUT2D eigenvalue weighted by molar-refractivity contribution is 5.69. The number of likely N-dealkylation sites (tertiary alicyclic amines) is 1. The second-order valence-corrected chi connectivity index (χ2v) is 4.27. The lowest BCUT2D eigenvalue weighted by Crippen LogP contribution is -2.50. The van der Waals surface area contributed by atoms with Crippen molar-refractivity contribution in [3.63, 3.8) is 0 Å². The Hall–Kier alpha value is -1.14. The molecule has 2 atom stereocenters. The van der Waals surface area contributed by atoms with Gasteiger partial charge in [-0.1, -0.05) is 0 Å². The van der Waals surface area contributed by atoms with Gasteiger partial charge >= 0.3 is 11.9 Å². The first-order valence-electron chi connectivity index (χ1n) is 5.34. The van der Waals surface area contributed by atoms with Crippen LogP contribution in [-0.2, 0) is 9.59 Å². The second-order valence-electron chi connectivity index (χ2n) is 4.27. The van der Waals surface area contributed by atoms with Gasteiger partial charge in [-0.05, 0) is 19.4 Å². The Morgan fingerprint density at radius 2 is 2.00 bits per heavy atom. The second kappa shape index (κ2) is 5.81. The van der Waals surface area contributed by atoms with E-state index in [1.165, 1.54) is 0 Å². The van der Waals surface area contributed by atoms with Crippen molar-refractivity contribution in [2.24, 2.45) is 5.92 Å². The molecule has 1 aliphatic heterocycles. The molecular weight excluding hydrogens is 212 g/mol. The molecule has 6 heteroatoms. The third-order valence-corrected chi connectivity index (χ3v) is 2.84. The highest BCUT2D eigenvalue weighted by Crippen LogP contribution is 2.19. The predicted octanol–water partition coefficient (Wildman–Crippen LogP) is -0.544. The SMILES string of the molecule is CNC1CC(CC(=O)O)CN(CC(=O)O)C1. The van der Waals surface area contributed by atoms with E-state index in [0.717, 1.165) is 6.42 Å². The number of nitrogens with one attached hydrogen (secondary N) is 1. The molecule has 0 aromatic heterocycles. The summed E-state index contributed by atoms with van der Waals surface area (Å²) in [5.74, 6) is -1.66. The molecule has 0 bridgehead atoms. The van der Waals surface area contributed by atoms with E-state index in [-0.39, 0.29) is 24.9 Å². The number of hydrogen-bond acceptors (Lipinski definition) is 4. The molecule has 16 heavy (non-hydrogen) atoms. The molecule has 0 spiro atoms. The van der Waals surface area contributed by atoms with E-state index in [0.29, 0.717) is 13.1 Å². The summed E-state index contributed by atoms with van der Waals surface area (Å²) in [7, 11) is 1.81. The number of carboxylic acid groups (broad SMARTS) is 2. The first-order valence-corrected chi connectivity index (χ1v) is 5.34. The van der Waals surface area contributed by atoms with Crippen LogP contribution in [0.1, 0.15) is 12.8 Å². The summed E-state index contributed by atoms with van der Waals surface area (Å²) in [6.45, 7) is 1.20. The van der Waals surface area contributed by atoms with Gasteiger partial charge in [-0.15, -0.1) is 0 Å². The molecule has 0 amide bonds. The first-order chi connectivity index (χ1) is 7.51. The van der Waals surface area contributed by atoms with Crippen LogP contribution in [0.3, 0.4) is 0 Å². The minimum Gasteiger partial charge on any atom is -0.481 e. The average Bonchev–Trinajstić information content (AvgIpc) is 2.14. The summed E-state index contributed by atoms with van der Waals surface area (Å²) in [4.78, 5) is 23.0. The predicted molar refractivity (Wildman–Crippen MR) is 57.3 cm³/mol. The Bertz CT molecular complexity index is 246. The van der Waals surface area contributed by atoms with Gasteiger partial charge < -0.3 is 15.5 Å². The molecule has 1 rings (SSSR count). The molecule has 0 aromatic carbocycles. The van der Waals surface area contributed by atoms with E-state index in [2.05, 4.69) is 5.32 Å². The van der Waals surface area contributed by atoms with Gasteiger partial charge in [0, 0.05) is 25.6 Å². The minimum absolute atomic E-state index is 0.0195. The van der Waals surface area contributed by atoms with Gasteiger partial charge in [0.15, 0.2) is 0 Å². The fraction of sp³-hybridized carbons (Fsp3) is 0.800. The number of carbonyl (C=O) groups is 2. The van der Waals surface area contributed by atoms with E-state index >= 15 is 0 Å². The van der Waals surface area contributed by atoms with Gasteiger partial charge in [-0.25, -0.2) is 0 Å². The molecule has 1 fully saturated rings. The molecule has 0 aromatic rings. The van der Waals surface area contributed by atoms with Gasteiger partial charge in [0.05, 0.1) is 6.54 Å². The van der Waals surface area contributed by atoms with Crippen LogP contribution in [0, 0.1) is 5.92 Å². The number of likely N-dealkylation sites (N-methyl/N-ethyl adjacent to an activating group) is 1. The zero-order valence-corrected chi connectivity index (χ0v) is 9.35. The number of hydrogen-bond donors (Lipinski definition) is 3. The van der Waals surface area contributed by atoms with Crippen LogP contribution < -0.4 is 5.32 Å². The Balaban J connectivity index is 2.53. The summed E-state index contributed by atoms with van der Waals surface area (Å²) in [6.07, 6.45) is 0.896. The lowest BCUT2D eigenvalue weighted by atomic mass is 9.91. The molecule has 0 radical (unpaired) electrons. The molecule has 0 aliphatic carbocycles. The summed E-state index contributed by atoms with van der Waals surface area (Å²) in [6, 6.07) is 0.178. The topological polar surface area (TPSA) is 89.9 Å². The molecular formula is C10H18N2O4. The minimum atomic E-state index is -0.870. The third-order valence-electron chi connectivity index (χ3n) is 2.84. The molecule has 1 heterocycles. The summed E-state index contributed by atoms with van der Waals surface area (Å²) < 4.78 is 0. The summed E-state index contributed by atoms with van der Waals surface area (Å²) in [5, 5.41) is 20.5. The van der Waals surface area contributed by atoms with Crippen molar-refractivity contribution in [1.82, 2.24) is 10.2 Å². The third kappa shape index (κ3) is 4.16. The van der Waals surface area contributed by atoms with Crippen LogP contribution in [0.25, 0.3) is 0 Å². The van der Waals surface area contributed by atoms with Crippen molar-refractivity contribution in [1.29, 1.82) is 0 Å².